The predicted molar refractivity (Wildman–Crippen MR) is 159 cm³/mol. The van der Waals surface area contributed by atoms with Gasteiger partial charge in [-0.2, -0.15) is 0 Å². The van der Waals surface area contributed by atoms with E-state index in [2.05, 4.69) is 13.8 Å². The number of unbranched alkanes of at least 4 members (excludes halogenated alkanes) is 2. The predicted octanol–water partition coefficient (Wildman–Crippen LogP) is 7.62. The van der Waals surface area contributed by atoms with Crippen LogP contribution in [0.4, 0.5) is 0 Å². The smallest absolute Gasteiger partial charge is 0.306 e. The highest BCUT2D eigenvalue weighted by molar-refractivity contribution is 6.09. The molecule has 6 heteroatoms. The minimum absolute atomic E-state index is 0.0708. The Morgan fingerprint density at radius 3 is 1.45 bits per heavy atom. The van der Waals surface area contributed by atoms with Crippen molar-refractivity contribution < 1.29 is 29.3 Å². The lowest BCUT2D eigenvalue weighted by atomic mass is 9.90. The Bertz CT molecular complexity index is 1380. The molecule has 0 aliphatic heterocycles. The third-order valence-corrected chi connectivity index (χ3v) is 7.13. The molecule has 0 atom stereocenters. The minimum Gasteiger partial charge on any atom is -0.507 e. The Kier molecular flexibility index (Phi) is 10.0. The van der Waals surface area contributed by atoms with Crippen molar-refractivity contribution in [2.24, 2.45) is 0 Å². The molecule has 6 nitrogen and oxygen atoms in total. The van der Waals surface area contributed by atoms with Crippen LogP contribution in [-0.2, 0) is 31.9 Å². The molecule has 0 fully saturated rings. The first-order chi connectivity index (χ1) is 19.4. The number of rotatable bonds is 13. The van der Waals surface area contributed by atoms with Crippen LogP contribution in [0.25, 0.3) is 32.7 Å². The normalized spacial score (nSPS) is 11.2. The Morgan fingerprint density at radius 1 is 0.625 bits per heavy atom. The number of ether oxygens (including phenoxy) is 2. The van der Waals surface area contributed by atoms with Crippen LogP contribution in [0.2, 0.25) is 0 Å². The van der Waals surface area contributed by atoms with Crippen molar-refractivity contribution in [1.29, 1.82) is 0 Å². The summed E-state index contributed by atoms with van der Waals surface area (Å²) in [5.74, 6) is -0.260. The molecule has 0 spiro atoms. The summed E-state index contributed by atoms with van der Waals surface area (Å²) >= 11 is 0. The van der Waals surface area contributed by atoms with Gasteiger partial charge in [0.25, 0.3) is 0 Å². The monoisotopic (exact) mass is 542 g/mol. The number of fused-ring (bicyclic) bond motifs is 2. The van der Waals surface area contributed by atoms with Gasteiger partial charge in [0.1, 0.15) is 11.5 Å². The van der Waals surface area contributed by atoms with E-state index in [0.717, 1.165) is 58.4 Å². The topological polar surface area (TPSA) is 93.1 Å². The summed E-state index contributed by atoms with van der Waals surface area (Å²) in [5, 5.41) is 25.3. The lowest BCUT2D eigenvalue weighted by molar-refractivity contribution is -0.144. The maximum absolute atomic E-state index is 12.0. The van der Waals surface area contributed by atoms with Crippen LogP contribution >= 0.6 is 0 Å². The molecular formula is C34H38O6. The number of hydrogen-bond acceptors (Lipinski definition) is 6. The Balaban J connectivity index is 1.59. The first-order valence-electron chi connectivity index (χ1n) is 14.2. The van der Waals surface area contributed by atoms with Gasteiger partial charge in [-0.3, -0.25) is 9.59 Å². The molecule has 4 rings (SSSR count). The standard InChI is InChI=1S/C34H38O6/c1-3-5-19-39-31(37)17-9-23-7-13-27-25(21-23)11-15-29(35)33(27)34-28-14-8-24(22-26(28)12-16-30(34)36)10-18-32(38)40-20-6-4-2/h7-8,11-16,21-22,35-36H,3-6,9-10,17-20H2,1-2H3. The lowest BCUT2D eigenvalue weighted by Crippen LogP contribution is -2.06. The van der Waals surface area contributed by atoms with E-state index in [9.17, 15) is 19.8 Å². The van der Waals surface area contributed by atoms with Gasteiger partial charge in [-0.1, -0.05) is 75.2 Å². The van der Waals surface area contributed by atoms with Crippen LogP contribution in [0.1, 0.15) is 63.5 Å². The fourth-order valence-electron chi connectivity index (χ4n) is 4.87. The van der Waals surface area contributed by atoms with E-state index < -0.39 is 0 Å². The van der Waals surface area contributed by atoms with Gasteiger partial charge in [-0.05, 0) is 70.5 Å². The molecule has 210 valence electrons. The Morgan fingerprint density at radius 2 is 1.05 bits per heavy atom. The number of carbonyl (C=O) groups is 2. The maximum Gasteiger partial charge on any atom is 0.306 e. The average molecular weight is 543 g/mol. The average Bonchev–Trinajstić information content (AvgIpc) is 2.95. The molecule has 4 aromatic carbocycles. The summed E-state index contributed by atoms with van der Waals surface area (Å²) in [4.78, 5) is 24.1. The zero-order valence-corrected chi connectivity index (χ0v) is 23.4. The van der Waals surface area contributed by atoms with Crippen LogP contribution in [0.15, 0.2) is 60.7 Å². The van der Waals surface area contributed by atoms with Crippen LogP contribution in [-0.4, -0.2) is 35.4 Å². The van der Waals surface area contributed by atoms with Crippen molar-refractivity contribution in [3.05, 3.63) is 71.8 Å². The van der Waals surface area contributed by atoms with Crippen molar-refractivity contribution in [3.8, 4) is 22.6 Å². The lowest BCUT2D eigenvalue weighted by Gasteiger charge is -2.15. The van der Waals surface area contributed by atoms with Crippen molar-refractivity contribution >= 4 is 33.5 Å². The number of benzene rings is 4. The largest absolute Gasteiger partial charge is 0.507 e. The van der Waals surface area contributed by atoms with Crippen LogP contribution in [0.5, 0.6) is 11.5 Å². The van der Waals surface area contributed by atoms with Gasteiger partial charge in [0.05, 0.1) is 13.2 Å². The summed E-state index contributed by atoms with van der Waals surface area (Å²) in [6.07, 6.45) is 5.43. The molecule has 0 aromatic heterocycles. The molecule has 4 aromatic rings. The number of phenolic OH excluding ortho intramolecular Hbond substituents is 2. The van der Waals surface area contributed by atoms with Crippen molar-refractivity contribution in [2.75, 3.05) is 13.2 Å². The second-order valence-corrected chi connectivity index (χ2v) is 10.2. The summed E-state index contributed by atoms with van der Waals surface area (Å²) in [5.41, 5.74) is 3.10. The van der Waals surface area contributed by atoms with E-state index in [1.165, 1.54) is 0 Å². The van der Waals surface area contributed by atoms with Gasteiger partial charge >= 0.3 is 11.9 Å². The third-order valence-electron chi connectivity index (χ3n) is 7.13. The number of carbonyl (C=O) groups excluding carboxylic acids is 2. The minimum atomic E-state index is -0.201. The third kappa shape index (κ3) is 7.12. The second-order valence-electron chi connectivity index (χ2n) is 10.2. The molecule has 0 unspecified atom stereocenters. The van der Waals surface area contributed by atoms with Crippen LogP contribution in [0, 0.1) is 0 Å². The molecule has 0 heterocycles. The van der Waals surface area contributed by atoms with Crippen LogP contribution in [0.3, 0.4) is 0 Å². The zero-order valence-electron chi connectivity index (χ0n) is 23.4. The molecule has 0 saturated heterocycles. The summed E-state index contributed by atoms with van der Waals surface area (Å²) in [7, 11) is 0. The summed E-state index contributed by atoms with van der Waals surface area (Å²) in [6, 6.07) is 18.7. The van der Waals surface area contributed by atoms with E-state index in [1.807, 2.05) is 48.5 Å². The zero-order chi connectivity index (χ0) is 28.5. The number of hydrogen-bond donors (Lipinski definition) is 2. The van der Waals surface area contributed by atoms with Crippen molar-refractivity contribution in [1.82, 2.24) is 0 Å². The first-order valence-corrected chi connectivity index (χ1v) is 14.2. The second kappa shape index (κ2) is 13.8. The highest BCUT2D eigenvalue weighted by Crippen LogP contribution is 2.44. The Hall–Kier alpha value is -4.06. The SMILES string of the molecule is CCCCOC(=O)CCc1ccc2c(-c3c(O)ccc4cc(CCC(=O)OCCCC)ccc34)c(O)ccc2c1. The number of phenols is 2. The number of aryl methyl sites for hydroxylation is 2. The Labute approximate surface area is 235 Å². The fourth-order valence-corrected chi connectivity index (χ4v) is 4.87. The van der Waals surface area contributed by atoms with Crippen LogP contribution < -0.4 is 0 Å². The summed E-state index contributed by atoms with van der Waals surface area (Å²) < 4.78 is 10.5. The molecule has 0 radical (unpaired) electrons. The van der Waals surface area contributed by atoms with E-state index in [-0.39, 0.29) is 23.4 Å². The number of aromatic hydroxyl groups is 2. The van der Waals surface area contributed by atoms with Gasteiger partial charge in [-0.25, -0.2) is 0 Å². The molecule has 0 bridgehead atoms. The quantitative estimate of drug-likeness (QED) is 0.133. The molecule has 0 aliphatic carbocycles. The van der Waals surface area contributed by atoms with E-state index in [4.69, 9.17) is 9.47 Å². The van der Waals surface area contributed by atoms with Crippen molar-refractivity contribution in [3.63, 3.8) is 0 Å². The molecule has 0 amide bonds. The van der Waals surface area contributed by atoms with Gasteiger partial charge in [0.2, 0.25) is 0 Å². The summed E-state index contributed by atoms with van der Waals surface area (Å²) in [6.45, 7) is 5.02. The van der Waals surface area contributed by atoms with E-state index in [1.54, 1.807) is 12.1 Å². The van der Waals surface area contributed by atoms with E-state index in [0.29, 0.717) is 50.0 Å². The van der Waals surface area contributed by atoms with E-state index >= 15 is 0 Å². The molecule has 0 aliphatic rings. The first kappa shape index (κ1) is 28.9. The molecule has 2 N–H and O–H groups in total. The van der Waals surface area contributed by atoms with Gasteiger partial charge in [-0.15, -0.1) is 0 Å². The van der Waals surface area contributed by atoms with Gasteiger partial charge in [0, 0.05) is 24.0 Å². The highest BCUT2D eigenvalue weighted by atomic mass is 16.5. The molecule has 0 saturated carbocycles. The fraction of sp³-hybridized carbons (Fsp3) is 0.353. The number of esters is 2. The molecule has 40 heavy (non-hydrogen) atoms. The van der Waals surface area contributed by atoms with Gasteiger partial charge < -0.3 is 19.7 Å². The molecular weight excluding hydrogens is 504 g/mol. The maximum atomic E-state index is 12.0. The van der Waals surface area contributed by atoms with Crippen molar-refractivity contribution in [2.45, 2.75) is 65.2 Å². The highest BCUT2D eigenvalue weighted by Gasteiger charge is 2.18. The van der Waals surface area contributed by atoms with Gasteiger partial charge in [0.15, 0.2) is 0 Å².